The average molecular weight is 564 g/mol. The van der Waals surface area contributed by atoms with Crippen LogP contribution in [0.2, 0.25) is 0 Å². The van der Waals surface area contributed by atoms with Gasteiger partial charge in [-0.2, -0.15) is 19.2 Å². The van der Waals surface area contributed by atoms with Gasteiger partial charge in [-0.25, -0.2) is 9.97 Å². The summed E-state index contributed by atoms with van der Waals surface area (Å²) in [7, 11) is 3.36. The Morgan fingerprint density at radius 3 is 2.17 bits per heavy atom. The largest absolute Gasteiger partial charge is 0.481 e. The minimum Gasteiger partial charge on any atom is -0.481 e. The van der Waals surface area contributed by atoms with Gasteiger partial charge in [0, 0.05) is 68.3 Å². The number of piperidine rings is 2. The molecule has 2 unspecified atom stereocenters. The lowest BCUT2D eigenvalue weighted by Gasteiger charge is -2.26. The highest BCUT2D eigenvalue weighted by Gasteiger charge is 2.22. The van der Waals surface area contributed by atoms with Crippen LogP contribution in [-0.4, -0.2) is 101 Å². The first kappa shape index (κ1) is 27.8. The molecule has 220 valence electrons. The molecule has 12 nitrogen and oxygen atoms in total. The van der Waals surface area contributed by atoms with Gasteiger partial charge in [0.2, 0.25) is 11.8 Å². The second-order valence-electron chi connectivity index (χ2n) is 10.9. The number of methoxy groups -OCH3 is 2. The molecule has 0 bridgehead atoms. The number of fused-ring (bicyclic) bond motifs is 2. The molecule has 41 heavy (non-hydrogen) atoms. The molecule has 4 aromatic rings. The Morgan fingerprint density at radius 1 is 0.878 bits per heavy atom. The highest BCUT2D eigenvalue weighted by molar-refractivity contribution is 5.50. The van der Waals surface area contributed by atoms with Crippen molar-refractivity contribution < 1.29 is 14.2 Å². The average Bonchev–Trinajstić information content (AvgIpc) is 3.69. The van der Waals surface area contributed by atoms with E-state index in [2.05, 4.69) is 30.7 Å². The lowest BCUT2D eigenvalue weighted by atomic mass is 9.96. The number of hydrogen-bond acceptors (Lipinski definition) is 10. The standard InChI is InChI=1S/C17H25N5O2.C12H16N4O/c1-23-16-9-15(13-3-2-4-18-10-13)20-17-14(11-19-22(16)17)12-21-5-7-24-8-6-21;1-17-12-7-10(9-3-2-5-13-8-9)15-11-4-6-14-16(11)12/h9,11,13,18H,2-8,10,12H2,1H3;4,6-7,9,13H,2-3,5,8H2,1H3. The summed E-state index contributed by atoms with van der Waals surface area (Å²) in [6.45, 7) is 8.58. The number of morpholine rings is 1. The SMILES string of the molecule is COc1cc(C2CCCNC2)nc2c(CN3CCOCC3)cnn12.COc1cc(C2CCCNC2)nc2ccnn12. The fraction of sp³-hybridized carbons (Fsp3) is 0.586. The number of rotatable bonds is 6. The van der Waals surface area contributed by atoms with Crippen molar-refractivity contribution in [2.45, 2.75) is 44.1 Å². The van der Waals surface area contributed by atoms with Gasteiger partial charge in [-0.1, -0.05) is 0 Å². The van der Waals surface area contributed by atoms with Gasteiger partial charge < -0.3 is 24.8 Å². The van der Waals surface area contributed by atoms with E-state index < -0.39 is 0 Å². The summed E-state index contributed by atoms with van der Waals surface area (Å²) in [4.78, 5) is 12.0. The summed E-state index contributed by atoms with van der Waals surface area (Å²) in [5, 5.41) is 15.6. The van der Waals surface area contributed by atoms with Gasteiger partial charge in [0.1, 0.15) is 0 Å². The van der Waals surface area contributed by atoms with Crippen LogP contribution in [0, 0.1) is 0 Å². The molecule has 0 aliphatic carbocycles. The van der Waals surface area contributed by atoms with Crippen LogP contribution in [0.15, 0.2) is 30.6 Å². The molecular weight excluding hydrogens is 522 g/mol. The molecule has 0 saturated carbocycles. The van der Waals surface area contributed by atoms with Crippen LogP contribution in [0.5, 0.6) is 11.8 Å². The molecule has 4 aromatic heterocycles. The summed E-state index contributed by atoms with van der Waals surface area (Å²) in [6.07, 6.45) is 8.43. The molecule has 3 fully saturated rings. The molecule has 7 heterocycles. The van der Waals surface area contributed by atoms with Crippen molar-refractivity contribution in [2.75, 3.05) is 66.7 Å². The highest BCUT2D eigenvalue weighted by Crippen LogP contribution is 2.28. The van der Waals surface area contributed by atoms with Crippen LogP contribution >= 0.6 is 0 Å². The van der Waals surface area contributed by atoms with E-state index in [1.807, 2.05) is 28.9 Å². The zero-order chi connectivity index (χ0) is 28.0. The van der Waals surface area contributed by atoms with Crippen LogP contribution in [0.1, 0.15) is 54.5 Å². The number of nitrogens with one attached hydrogen (secondary N) is 2. The molecule has 3 aliphatic heterocycles. The van der Waals surface area contributed by atoms with Gasteiger partial charge in [0.15, 0.2) is 11.3 Å². The predicted octanol–water partition coefficient (Wildman–Crippen LogP) is 2.24. The van der Waals surface area contributed by atoms with E-state index in [4.69, 9.17) is 19.2 Å². The minimum atomic E-state index is 0.448. The summed E-state index contributed by atoms with van der Waals surface area (Å²) >= 11 is 0. The molecule has 0 aromatic carbocycles. The van der Waals surface area contributed by atoms with Gasteiger partial charge in [-0.15, -0.1) is 0 Å². The van der Waals surface area contributed by atoms with Gasteiger partial charge in [-0.05, 0) is 38.8 Å². The van der Waals surface area contributed by atoms with E-state index in [1.165, 1.54) is 25.7 Å². The fourth-order valence-corrected chi connectivity index (χ4v) is 5.93. The fourth-order valence-electron chi connectivity index (χ4n) is 5.93. The smallest absolute Gasteiger partial charge is 0.217 e. The Morgan fingerprint density at radius 2 is 1.54 bits per heavy atom. The van der Waals surface area contributed by atoms with Crippen molar-refractivity contribution in [1.29, 1.82) is 0 Å². The summed E-state index contributed by atoms with van der Waals surface area (Å²) in [5.41, 5.74) is 5.13. The van der Waals surface area contributed by atoms with Crippen molar-refractivity contribution in [1.82, 2.24) is 44.7 Å². The zero-order valence-electron chi connectivity index (χ0n) is 24.1. The molecule has 0 radical (unpaired) electrons. The first-order valence-electron chi connectivity index (χ1n) is 14.7. The van der Waals surface area contributed by atoms with Crippen LogP contribution in [-0.2, 0) is 11.3 Å². The van der Waals surface area contributed by atoms with Crippen molar-refractivity contribution in [3.8, 4) is 11.8 Å². The third-order valence-corrected chi connectivity index (χ3v) is 8.22. The maximum absolute atomic E-state index is 5.57. The van der Waals surface area contributed by atoms with Gasteiger partial charge in [-0.3, -0.25) is 4.90 Å². The Hall–Kier alpha value is -3.32. The summed E-state index contributed by atoms with van der Waals surface area (Å²) in [6, 6.07) is 5.94. The Labute approximate surface area is 240 Å². The lowest BCUT2D eigenvalue weighted by molar-refractivity contribution is 0.0343. The third kappa shape index (κ3) is 6.30. The van der Waals surface area contributed by atoms with Crippen molar-refractivity contribution in [3.05, 3.63) is 47.5 Å². The molecule has 0 amide bonds. The molecule has 7 rings (SSSR count). The maximum atomic E-state index is 5.57. The van der Waals surface area contributed by atoms with Crippen LogP contribution < -0.4 is 20.1 Å². The second-order valence-corrected chi connectivity index (χ2v) is 10.9. The molecule has 2 atom stereocenters. The Kier molecular flexibility index (Phi) is 8.90. The van der Waals surface area contributed by atoms with E-state index in [1.54, 1.807) is 24.9 Å². The number of ether oxygens (including phenoxy) is 3. The van der Waals surface area contributed by atoms with Crippen molar-refractivity contribution in [3.63, 3.8) is 0 Å². The van der Waals surface area contributed by atoms with Crippen LogP contribution in [0.3, 0.4) is 0 Å². The van der Waals surface area contributed by atoms with Gasteiger partial charge in [0.25, 0.3) is 0 Å². The second kappa shape index (κ2) is 13.1. The normalized spacial score (nSPS) is 21.9. The van der Waals surface area contributed by atoms with E-state index in [-0.39, 0.29) is 0 Å². The quantitative estimate of drug-likeness (QED) is 0.362. The van der Waals surface area contributed by atoms with Crippen LogP contribution in [0.4, 0.5) is 0 Å². The minimum absolute atomic E-state index is 0.448. The zero-order valence-corrected chi connectivity index (χ0v) is 24.1. The first-order valence-corrected chi connectivity index (χ1v) is 14.7. The molecule has 3 aliphatic rings. The number of nitrogens with zero attached hydrogens (tertiary/aromatic N) is 7. The van der Waals surface area contributed by atoms with E-state index in [0.717, 1.165) is 99.0 Å². The van der Waals surface area contributed by atoms with Gasteiger partial charge >= 0.3 is 0 Å². The summed E-state index contributed by atoms with van der Waals surface area (Å²) in [5.74, 6) is 2.44. The molecule has 3 saturated heterocycles. The molecule has 12 heteroatoms. The predicted molar refractivity (Wildman–Crippen MR) is 155 cm³/mol. The third-order valence-electron chi connectivity index (χ3n) is 8.22. The summed E-state index contributed by atoms with van der Waals surface area (Å²) < 4.78 is 19.9. The van der Waals surface area contributed by atoms with E-state index >= 15 is 0 Å². The topological polar surface area (TPSA) is 115 Å². The lowest BCUT2D eigenvalue weighted by Crippen LogP contribution is -2.35. The number of aromatic nitrogens is 6. The van der Waals surface area contributed by atoms with Crippen LogP contribution in [0.25, 0.3) is 11.3 Å². The van der Waals surface area contributed by atoms with E-state index in [0.29, 0.717) is 11.8 Å². The Balaban J connectivity index is 0.000000156. The maximum Gasteiger partial charge on any atom is 0.217 e. The number of hydrogen-bond donors (Lipinski definition) is 2. The molecular formula is C29H41N9O3. The van der Waals surface area contributed by atoms with Crippen molar-refractivity contribution >= 4 is 11.3 Å². The molecule has 2 N–H and O–H groups in total. The van der Waals surface area contributed by atoms with Gasteiger partial charge in [0.05, 0.1) is 51.2 Å². The van der Waals surface area contributed by atoms with E-state index in [9.17, 15) is 0 Å². The highest BCUT2D eigenvalue weighted by atomic mass is 16.5. The first-order chi connectivity index (χ1) is 20.2. The molecule has 0 spiro atoms. The monoisotopic (exact) mass is 563 g/mol. The Bertz CT molecular complexity index is 1420. The van der Waals surface area contributed by atoms with Crippen molar-refractivity contribution in [2.24, 2.45) is 0 Å².